The SMILES string of the molecule is CCn1c(-c2ccc3c(c2)ncn3C)cn2nc(C(=O)O)c(C3CC3)c2c1=O. The Labute approximate surface area is 159 Å². The minimum atomic E-state index is -1.09. The third-order valence-electron chi connectivity index (χ3n) is 5.46. The van der Waals surface area contributed by atoms with Crippen molar-refractivity contribution in [2.24, 2.45) is 7.05 Å². The van der Waals surface area contributed by atoms with E-state index in [4.69, 9.17) is 0 Å². The molecule has 1 aromatic carbocycles. The minimum Gasteiger partial charge on any atom is -0.476 e. The van der Waals surface area contributed by atoms with Crippen molar-refractivity contribution in [3.05, 3.63) is 52.3 Å². The maximum Gasteiger partial charge on any atom is 0.356 e. The largest absolute Gasteiger partial charge is 0.476 e. The highest BCUT2D eigenvalue weighted by Crippen LogP contribution is 2.43. The number of hydrogen-bond acceptors (Lipinski definition) is 4. The molecule has 0 bridgehead atoms. The number of carbonyl (C=O) groups is 1. The van der Waals surface area contributed by atoms with Crippen molar-refractivity contribution in [1.29, 1.82) is 0 Å². The summed E-state index contributed by atoms with van der Waals surface area (Å²) in [6.07, 6.45) is 5.29. The molecule has 3 heterocycles. The van der Waals surface area contributed by atoms with Gasteiger partial charge < -0.3 is 14.2 Å². The van der Waals surface area contributed by atoms with Gasteiger partial charge in [-0.1, -0.05) is 6.07 Å². The zero-order valence-corrected chi connectivity index (χ0v) is 15.6. The van der Waals surface area contributed by atoms with Crippen LogP contribution in [0.25, 0.3) is 27.8 Å². The van der Waals surface area contributed by atoms with Crippen molar-refractivity contribution in [2.75, 3.05) is 0 Å². The van der Waals surface area contributed by atoms with E-state index in [1.54, 1.807) is 17.1 Å². The van der Waals surface area contributed by atoms with Crippen LogP contribution in [0.1, 0.15) is 41.7 Å². The zero-order chi connectivity index (χ0) is 19.6. The summed E-state index contributed by atoms with van der Waals surface area (Å²) in [6, 6.07) is 5.85. The first kappa shape index (κ1) is 16.7. The molecule has 0 saturated heterocycles. The highest BCUT2D eigenvalue weighted by Gasteiger charge is 2.34. The lowest BCUT2D eigenvalue weighted by Crippen LogP contribution is -2.23. The molecule has 0 amide bonds. The highest BCUT2D eigenvalue weighted by molar-refractivity contribution is 5.90. The van der Waals surface area contributed by atoms with Gasteiger partial charge in [-0.2, -0.15) is 5.10 Å². The Bertz CT molecular complexity index is 1320. The number of nitrogens with zero attached hydrogens (tertiary/aromatic N) is 5. The predicted molar refractivity (Wildman–Crippen MR) is 104 cm³/mol. The highest BCUT2D eigenvalue weighted by atomic mass is 16.4. The molecule has 0 aliphatic heterocycles. The molecule has 0 atom stereocenters. The molecule has 8 heteroatoms. The monoisotopic (exact) mass is 377 g/mol. The molecule has 8 nitrogen and oxygen atoms in total. The van der Waals surface area contributed by atoms with E-state index in [1.807, 2.05) is 36.7 Å². The normalized spacial score (nSPS) is 14.2. The number of benzene rings is 1. The number of aromatic nitrogens is 5. The Morgan fingerprint density at radius 3 is 2.79 bits per heavy atom. The fourth-order valence-electron chi connectivity index (χ4n) is 3.93. The van der Waals surface area contributed by atoms with E-state index in [9.17, 15) is 14.7 Å². The van der Waals surface area contributed by atoms with E-state index in [2.05, 4.69) is 10.1 Å². The number of carboxylic acid groups (broad SMARTS) is 1. The number of carboxylic acids is 1. The van der Waals surface area contributed by atoms with Crippen molar-refractivity contribution in [3.63, 3.8) is 0 Å². The molecular formula is C20H19N5O3. The van der Waals surface area contributed by atoms with Gasteiger partial charge in [0.05, 0.1) is 29.3 Å². The van der Waals surface area contributed by atoms with Crippen LogP contribution in [-0.4, -0.2) is 34.8 Å². The Morgan fingerprint density at radius 2 is 2.11 bits per heavy atom. The van der Waals surface area contributed by atoms with Gasteiger partial charge in [-0.25, -0.2) is 14.3 Å². The molecule has 0 spiro atoms. The van der Waals surface area contributed by atoms with E-state index >= 15 is 0 Å². The lowest BCUT2D eigenvalue weighted by Gasteiger charge is -2.12. The molecule has 4 aromatic rings. The Kier molecular flexibility index (Phi) is 3.46. The standard InChI is InChI=1S/C20H19N5O3/c1-3-24-15(12-6-7-14-13(8-12)21-10-23(14)2)9-25-18(19(24)26)16(11-4-5-11)17(22-25)20(27)28/h6-11H,3-5H2,1-2H3,(H,27,28). The maximum absolute atomic E-state index is 13.3. The summed E-state index contributed by atoms with van der Waals surface area (Å²) >= 11 is 0. The summed E-state index contributed by atoms with van der Waals surface area (Å²) in [6.45, 7) is 2.38. The molecule has 0 unspecified atom stereocenters. The quantitative estimate of drug-likeness (QED) is 0.590. The van der Waals surface area contributed by atoms with E-state index in [0.717, 1.165) is 29.4 Å². The van der Waals surface area contributed by atoms with Gasteiger partial charge in [0.1, 0.15) is 5.52 Å². The molecule has 0 radical (unpaired) electrons. The van der Waals surface area contributed by atoms with E-state index in [-0.39, 0.29) is 17.2 Å². The van der Waals surface area contributed by atoms with Gasteiger partial charge in [0, 0.05) is 24.7 Å². The number of fused-ring (bicyclic) bond motifs is 2. The second-order valence-electron chi connectivity index (χ2n) is 7.26. The van der Waals surface area contributed by atoms with Gasteiger partial charge in [0.2, 0.25) is 0 Å². The molecule has 1 aliphatic carbocycles. The number of rotatable bonds is 4. The van der Waals surface area contributed by atoms with Crippen LogP contribution < -0.4 is 5.56 Å². The molecule has 28 heavy (non-hydrogen) atoms. The van der Waals surface area contributed by atoms with Crippen molar-refractivity contribution in [1.82, 2.24) is 23.7 Å². The fraction of sp³-hybridized carbons (Fsp3) is 0.300. The number of imidazole rings is 1. The zero-order valence-electron chi connectivity index (χ0n) is 15.6. The van der Waals surface area contributed by atoms with Crippen LogP contribution in [0.3, 0.4) is 0 Å². The summed E-state index contributed by atoms with van der Waals surface area (Å²) in [4.78, 5) is 29.4. The van der Waals surface area contributed by atoms with Crippen molar-refractivity contribution >= 4 is 22.5 Å². The molecule has 142 valence electrons. The average Bonchev–Trinajstić information content (AvgIpc) is 3.34. The van der Waals surface area contributed by atoms with Gasteiger partial charge in [-0.3, -0.25) is 4.79 Å². The van der Waals surface area contributed by atoms with Crippen LogP contribution in [0.5, 0.6) is 0 Å². The van der Waals surface area contributed by atoms with E-state index in [1.165, 1.54) is 4.52 Å². The molecule has 3 aromatic heterocycles. The van der Waals surface area contributed by atoms with Crippen LogP contribution in [0, 0.1) is 0 Å². The topological polar surface area (TPSA) is 94.4 Å². The summed E-state index contributed by atoms with van der Waals surface area (Å²) in [7, 11) is 1.93. The first-order valence-electron chi connectivity index (χ1n) is 9.30. The van der Waals surface area contributed by atoms with Crippen LogP contribution in [0.15, 0.2) is 35.5 Å². The first-order chi connectivity index (χ1) is 13.5. The second kappa shape index (κ2) is 5.79. The molecule has 5 rings (SSSR count). The third-order valence-corrected chi connectivity index (χ3v) is 5.46. The van der Waals surface area contributed by atoms with Gasteiger partial charge in [-0.05, 0) is 37.8 Å². The number of hydrogen-bond donors (Lipinski definition) is 1. The molecule has 1 N–H and O–H groups in total. The summed E-state index contributed by atoms with van der Waals surface area (Å²) in [5, 5.41) is 13.8. The smallest absolute Gasteiger partial charge is 0.356 e. The van der Waals surface area contributed by atoms with Crippen molar-refractivity contribution in [2.45, 2.75) is 32.2 Å². The molecule has 1 fully saturated rings. The fourth-order valence-corrected chi connectivity index (χ4v) is 3.93. The van der Waals surface area contributed by atoms with Crippen LogP contribution >= 0.6 is 0 Å². The Hall–Kier alpha value is -3.42. The average molecular weight is 377 g/mol. The molecule has 1 saturated carbocycles. The van der Waals surface area contributed by atoms with Crippen LogP contribution in [0.4, 0.5) is 0 Å². The Balaban J connectivity index is 1.81. The van der Waals surface area contributed by atoms with Crippen molar-refractivity contribution < 1.29 is 9.90 Å². The van der Waals surface area contributed by atoms with E-state index in [0.29, 0.717) is 23.3 Å². The Morgan fingerprint density at radius 1 is 1.32 bits per heavy atom. The predicted octanol–water partition coefficient (Wildman–Crippen LogP) is 2.65. The second-order valence-corrected chi connectivity index (χ2v) is 7.26. The number of aryl methyl sites for hydroxylation is 1. The third kappa shape index (κ3) is 2.30. The summed E-state index contributed by atoms with van der Waals surface area (Å²) in [5.74, 6) is -0.984. The first-order valence-corrected chi connectivity index (χ1v) is 9.30. The van der Waals surface area contributed by atoms with Gasteiger partial charge in [0.25, 0.3) is 5.56 Å². The van der Waals surface area contributed by atoms with Gasteiger partial charge in [0.15, 0.2) is 5.69 Å². The molecule has 1 aliphatic rings. The van der Waals surface area contributed by atoms with E-state index < -0.39 is 5.97 Å². The van der Waals surface area contributed by atoms with Crippen molar-refractivity contribution in [3.8, 4) is 11.3 Å². The lowest BCUT2D eigenvalue weighted by molar-refractivity contribution is 0.0689. The van der Waals surface area contributed by atoms with Crippen LogP contribution in [0.2, 0.25) is 0 Å². The lowest BCUT2D eigenvalue weighted by atomic mass is 10.1. The summed E-state index contributed by atoms with van der Waals surface area (Å²) in [5.41, 5.74) is 4.10. The van der Waals surface area contributed by atoms with Gasteiger partial charge >= 0.3 is 5.97 Å². The summed E-state index contributed by atoms with van der Waals surface area (Å²) < 4.78 is 5.06. The maximum atomic E-state index is 13.3. The molecular weight excluding hydrogens is 358 g/mol. The number of aromatic carboxylic acids is 1. The van der Waals surface area contributed by atoms with Crippen LogP contribution in [-0.2, 0) is 13.6 Å². The van der Waals surface area contributed by atoms with Gasteiger partial charge in [-0.15, -0.1) is 0 Å². The minimum absolute atomic E-state index is 0.0143.